The molecule has 3 rings (SSSR count). The van der Waals surface area contributed by atoms with Gasteiger partial charge in [-0.1, -0.05) is 37.6 Å². The summed E-state index contributed by atoms with van der Waals surface area (Å²) in [5.41, 5.74) is 3.41. The van der Waals surface area contributed by atoms with E-state index in [1.807, 2.05) is 24.0 Å². The summed E-state index contributed by atoms with van der Waals surface area (Å²) in [6.45, 7) is 4.97. The third kappa shape index (κ3) is 4.47. The lowest BCUT2D eigenvalue weighted by molar-refractivity contribution is -0.133. The van der Waals surface area contributed by atoms with Crippen molar-refractivity contribution in [1.29, 1.82) is 0 Å². The first-order chi connectivity index (χ1) is 13.3. The van der Waals surface area contributed by atoms with Crippen LogP contribution in [0.4, 0.5) is 0 Å². The van der Waals surface area contributed by atoms with Crippen molar-refractivity contribution in [2.45, 2.75) is 39.2 Å². The number of carbonyl (C=O) groups excluding carboxylic acids is 1. The zero-order chi connectivity index (χ0) is 20.3. The Kier molecular flexibility index (Phi) is 6.58. The van der Waals surface area contributed by atoms with Crippen LogP contribution in [0.1, 0.15) is 47.4 Å². The molecule has 2 aromatic rings. The number of aryl methyl sites for hydroxylation is 1. The SMILES string of the molecule is CCCCN(CC(=O)N1CCc2sccc2[C@@H]1c1ccccc1C)S(C)(=O)=O. The number of carbonyl (C=O) groups is 1. The molecule has 0 bridgehead atoms. The molecule has 1 atom stereocenters. The molecule has 0 unspecified atom stereocenters. The number of fused-ring (bicyclic) bond motifs is 1. The highest BCUT2D eigenvalue weighted by Gasteiger charge is 2.34. The summed E-state index contributed by atoms with van der Waals surface area (Å²) >= 11 is 1.73. The average molecular weight is 421 g/mol. The van der Waals surface area contributed by atoms with Gasteiger partial charge in [0.15, 0.2) is 0 Å². The largest absolute Gasteiger partial charge is 0.330 e. The molecule has 5 nitrogen and oxygen atoms in total. The highest BCUT2D eigenvalue weighted by atomic mass is 32.2. The van der Waals surface area contributed by atoms with Gasteiger partial charge < -0.3 is 4.90 Å². The van der Waals surface area contributed by atoms with Gasteiger partial charge in [-0.05, 0) is 47.9 Å². The quantitative estimate of drug-likeness (QED) is 0.688. The summed E-state index contributed by atoms with van der Waals surface area (Å²) in [6, 6.07) is 10.1. The molecule has 0 N–H and O–H groups in total. The van der Waals surface area contributed by atoms with E-state index in [0.717, 1.165) is 30.4 Å². The number of benzene rings is 1. The lowest BCUT2D eigenvalue weighted by Gasteiger charge is -2.38. The summed E-state index contributed by atoms with van der Waals surface area (Å²) in [6.07, 6.45) is 3.63. The fraction of sp³-hybridized carbons (Fsp3) is 0.476. The molecule has 1 amide bonds. The zero-order valence-corrected chi connectivity index (χ0v) is 18.4. The van der Waals surface area contributed by atoms with Crippen molar-refractivity contribution in [1.82, 2.24) is 9.21 Å². The van der Waals surface area contributed by atoms with Crippen LogP contribution >= 0.6 is 11.3 Å². The van der Waals surface area contributed by atoms with E-state index < -0.39 is 10.0 Å². The van der Waals surface area contributed by atoms with E-state index >= 15 is 0 Å². The molecule has 1 aliphatic rings. The lowest BCUT2D eigenvalue weighted by Crippen LogP contribution is -2.46. The summed E-state index contributed by atoms with van der Waals surface area (Å²) < 4.78 is 25.7. The normalized spacial score (nSPS) is 17.0. The number of nitrogens with zero attached hydrogens (tertiary/aromatic N) is 2. The minimum absolute atomic E-state index is 0.0965. The fourth-order valence-corrected chi connectivity index (χ4v) is 5.46. The number of hydrogen-bond acceptors (Lipinski definition) is 4. The molecular weight excluding hydrogens is 392 g/mol. The van der Waals surface area contributed by atoms with E-state index in [9.17, 15) is 13.2 Å². The van der Waals surface area contributed by atoms with Crippen molar-refractivity contribution in [3.05, 3.63) is 57.3 Å². The molecular formula is C21H28N2O3S2. The third-order valence-electron chi connectivity index (χ3n) is 5.31. The topological polar surface area (TPSA) is 57.7 Å². The Hall–Kier alpha value is -1.70. The van der Waals surface area contributed by atoms with Gasteiger partial charge >= 0.3 is 0 Å². The second-order valence-corrected chi connectivity index (χ2v) is 10.3. The standard InChI is InChI=1S/C21H28N2O3S2/c1-4-5-12-22(28(3,25)26)15-20(24)23-13-10-19-18(11-14-27-19)21(23)17-9-7-6-8-16(17)2/h6-9,11,14,21H,4-5,10,12-13,15H2,1-3H3/t21-/m0/s1. The van der Waals surface area contributed by atoms with E-state index in [4.69, 9.17) is 0 Å². The molecule has 0 fully saturated rings. The number of hydrogen-bond donors (Lipinski definition) is 0. The van der Waals surface area contributed by atoms with Crippen molar-refractivity contribution in [2.24, 2.45) is 0 Å². The monoisotopic (exact) mass is 420 g/mol. The van der Waals surface area contributed by atoms with Crippen LogP contribution in [0.15, 0.2) is 35.7 Å². The Balaban J connectivity index is 1.93. The van der Waals surface area contributed by atoms with Crippen LogP contribution in [0.2, 0.25) is 0 Å². The third-order valence-corrected chi connectivity index (χ3v) is 7.56. The molecule has 1 aliphatic heterocycles. The van der Waals surface area contributed by atoms with Gasteiger partial charge in [0, 0.05) is 18.0 Å². The molecule has 7 heteroatoms. The van der Waals surface area contributed by atoms with Gasteiger partial charge in [0.25, 0.3) is 0 Å². The van der Waals surface area contributed by atoms with Crippen molar-refractivity contribution in [3.8, 4) is 0 Å². The van der Waals surface area contributed by atoms with Gasteiger partial charge in [-0.15, -0.1) is 11.3 Å². The highest BCUT2D eigenvalue weighted by molar-refractivity contribution is 7.88. The van der Waals surface area contributed by atoms with Gasteiger partial charge in [-0.2, -0.15) is 4.31 Å². The summed E-state index contributed by atoms with van der Waals surface area (Å²) in [7, 11) is -3.42. The first-order valence-corrected chi connectivity index (χ1v) is 12.4. The first kappa shape index (κ1) is 21.0. The van der Waals surface area contributed by atoms with Crippen LogP contribution in [0.5, 0.6) is 0 Å². The molecule has 152 valence electrons. The molecule has 0 saturated heterocycles. The second-order valence-electron chi connectivity index (χ2n) is 7.35. The summed E-state index contributed by atoms with van der Waals surface area (Å²) in [5.74, 6) is -0.133. The van der Waals surface area contributed by atoms with Crippen LogP contribution in [0.3, 0.4) is 0 Å². The van der Waals surface area contributed by atoms with Gasteiger partial charge in [0.2, 0.25) is 15.9 Å². The van der Waals surface area contributed by atoms with Gasteiger partial charge in [0.1, 0.15) is 0 Å². The maximum absolute atomic E-state index is 13.3. The van der Waals surface area contributed by atoms with E-state index in [1.54, 1.807) is 11.3 Å². The lowest BCUT2D eigenvalue weighted by atomic mass is 9.90. The summed E-state index contributed by atoms with van der Waals surface area (Å²) in [5, 5.41) is 2.08. The Morgan fingerprint density at radius 3 is 2.68 bits per heavy atom. The predicted molar refractivity (Wildman–Crippen MR) is 114 cm³/mol. The Morgan fingerprint density at radius 2 is 2.00 bits per heavy atom. The van der Waals surface area contributed by atoms with E-state index in [2.05, 4.69) is 30.5 Å². The van der Waals surface area contributed by atoms with Crippen molar-refractivity contribution < 1.29 is 13.2 Å². The maximum Gasteiger partial charge on any atom is 0.238 e. The minimum Gasteiger partial charge on any atom is -0.330 e. The maximum atomic E-state index is 13.3. The second kappa shape index (κ2) is 8.76. The first-order valence-electron chi connectivity index (χ1n) is 9.69. The molecule has 1 aromatic carbocycles. The van der Waals surface area contributed by atoms with Crippen molar-refractivity contribution >= 4 is 27.3 Å². The molecule has 0 saturated carbocycles. The van der Waals surface area contributed by atoms with E-state index in [0.29, 0.717) is 13.1 Å². The average Bonchev–Trinajstić information content (AvgIpc) is 3.12. The number of sulfonamides is 1. The van der Waals surface area contributed by atoms with Gasteiger partial charge in [-0.3, -0.25) is 4.79 Å². The molecule has 0 spiro atoms. The van der Waals surface area contributed by atoms with Crippen LogP contribution < -0.4 is 0 Å². The van der Waals surface area contributed by atoms with Crippen molar-refractivity contribution in [3.63, 3.8) is 0 Å². The predicted octanol–water partition coefficient (Wildman–Crippen LogP) is 3.59. The van der Waals surface area contributed by atoms with Crippen LogP contribution in [-0.4, -0.2) is 49.4 Å². The van der Waals surface area contributed by atoms with Crippen LogP contribution in [0.25, 0.3) is 0 Å². The van der Waals surface area contributed by atoms with Gasteiger partial charge in [0.05, 0.1) is 18.8 Å². The summed E-state index contributed by atoms with van der Waals surface area (Å²) in [4.78, 5) is 16.4. The number of amides is 1. The molecule has 28 heavy (non-hydrogen) atoms. The van der Waals surface area contributed by atoms with E-state index in [-0.39, 0.29) is 18.5 Å². The number of unbranched alkanes of at least 4 members (excludes halogenated alkanes) is 1. The Bertz CT molecular complexity index is 937. The van der Waals surface area contributed by atoms with E-state index in [1.165, 1.54) is 21.0 Å². The Labute approximate surface area is 172 Å². The van der Waals surface area contributed by atoms with Crippen molar-refractivity contribution in [2.75, 3.05) is 25.9 Å². The van der Waals surface area contributed by atoms with Crippen LogP contribution in [0, 0.1) is 6.92 Å². The highest BCUT2D eigenvalue weighted by Crippen LogP contribution is 2.39. The molecule has 0 radical (unpaired) electrons. The fourth-order valence-electron chi connectivity index (χ4n) is 3.75. The van der Waals surface area contributed by atoms with Gasteiger partial charge in [-0.25, -0.2) is 8.42 Å². The molecule has 1 aromatic heterocycles. The zero-order valence-electron chi connectivity index (χ0n) is 16.7. The minimum atomic E-state index is -3.42. The van der Waals surface area contributed by atoms with Crippen LogP contribution in [-0.2, 0) is 21.2 Å². The smallest absolute Gasteiger partial charge is 0.238 e. The Morgan fingerprint density at radius 1 is 1.25 bits per heavy atom. The molecule has 2 heterocycles. The number of rotatable bonds is 7. The number of thiophene rings is 1. The molecule has 0 aliphatic carbocycles.